The molecule has 6 nitrogen and oxygen atoms in total. The first kappa shape index (κ1) is 14.0. The molecule has 1 atom stereocenters. The van der Waals surface area contributed by atoms with E-state index >= 15 is 0 Å². The Bertz CT molecular complexity index is 465. The summed E-state index contributed by atoms with van der Waals surface area (Å²) in [6.45, 7) is 1.85. The van der Waals surface area contributed by atoms with E-state index in [9.17, 15) is 19.3 Å². The summed E-state index contributed by atoms with van der Waals surface area (Å²) in [5.74, 6) is -1.30. The fraction of sp³-hybridized carbons (Fsp3) is 0.364. The zero-order valence-electron chi connectivity index (χ0n) is 9.85. The van der Waals surface area contributed by atoms with E-state index in [-0.39, 0.29) is 24.1 Å². The lowest BCUT2D eigenvalue weighted by Gasteiger charge is -2.09. The first-order chi connectivity index (χ1) is 8.43. The van der Waals surface area contributed by atoms with Crippen LogP contribution < -0.4 is 11.1 Å². The Morgan fingerprint density at radius 3 is 2.83 bits per heavy atom. The highest BCUT2D eigenvalue weighted by Gasteiger charge is 2.15. The number of benzene rings is 1. The molecule has 3 N–H and O–H groups in total. The van der Waals surface area contributed by atoms with E-state index in [0.717, 1.165) is 12.1 Å². The summed E-state index contributed by atoms with van der Waals surface area (Å²) in [5.41, 5.74) is 5.10. The Hall–Kier alpha value is -2.02. The van der Waals surface area contributed by atoms with Crippen LogP contribution in [0.2, 0.25) is 0 Å². The van der Waals surface area contributed by atoms with Gasteiger partial charge in [0.1, 0.15) is 0 Å². The van der Waals surface area contributed by atoms with Crippen molar-refractivity contribution in [2.75, 3.05) is 5.32 Å². The predicted molar refractivity (Wildman–Crippen MR) is 64.6 cm³/mol. The third-order valence-electron chi connectivity index (χ3n) is 2.40. The molecule has 0 saturated carbocycles. The maximum Gasteiger partial charge on any atom is 0.306 e. The van der Waals surface area contributed by atoms with Crippen molar-refractivity contribution in [3.8, 4) is 0 Å². The molecule has 1 aromatic rings. The molecule has 7 heteroatoms. The number of nitro groups is 1. The highest BCUT2D eigenvalue weighted by molar-refractivity contribution is 5.91. The SMILES string of the molecule is CCC(N)CC(=O)Nc1ccc(F)c([N+](=O)[O-])c1. The molecule has 0 bridgehead atoms. The van der Waals surface area contributed by atoms with Gasteiger partial charge in [0.2, 0.25) is 11.7 Å². The third-order valence-corrected chi connectivity index (χ3v) is 2.40. The Balaban J connectivity index is 2.76. The normalized spacial score (nSPS) is 11.9. The average molecular weight is 255 g/mol. The van der Waals surface area contributed by atoms with Gasteiger partial charge in [0.05, 0.1) is 4.92 Å². The molecule has 0 aliphatic rings. The van der Waals surface area contributed by atoms with Crippen molar-refractivity contribution >= 4 is 17.3 Å². The molecular formula is C11H14FN3O3. The fourth-order valence-corrected chi connectivity index (χ4v) is 1.32. The molecule has 0 fully saturated rings. The Morgan fingerprint density at radius 1 is 1.61 bits per heavy atom. The minimum absolute atomic E-state index is 0.113. The lowest BCUT2D eigenvalue weighted by molar-refractivity contribution is -0.387. The minimum Gasteiger partial charge on any atom is -0.327 e. The minimum atomic E-state index is -0.941. The zero-order chi connectivity index (χ0) is 13.7. The largest absolute Gasteiger partial charge is 0.327 e. The van der Waals surface area contributed by atoms with Gasteiger partial charge in [0.15, 0.2) is 0 Å². The fourth-order valence-electron chi connectivity index (χ4n) is 1.32. The van der Waals surface area contributed by atoms with Gasteiger partial charge >= 0.3 is 5.69 Å². The highest BCUT2D eigenvalue weighted by Crippen LogP contribution is 2.21. The van der Waals surface area contributed by atoms with Crippen molar-refractivity contribution in [1.82, 2.24) is 0 Å². The van der Waals surface area contributed by atoms with Gasteiger partial charge in [-0.25, -0.2) is 0 Å². The van der Waals surface area contributed by atoms with E-state index in [2.05, 4.69) is 5.32 Å². The molecule has 0 aromatic heterocycles. The van der Waals surface area contributed by atoms with Crippen molar-refractivity contribution in [3.05, 3.63) is 34.1 Å². The third kappa shape index (κ3) is 3.77. The van der Waals surface area contributed by atoms with Crippen LogP contribution in [0.5, 0.6) is 0 Å². The second kappa shape index (κ2) is 6.06. The van der Waals surface area contributed by atoms with E-state index in [4.69, 9.17) is 5.73 Å². The predicted octanol–water partition coefficient (Wildman–Crippen LogP) is 1.80. The zero-order valence-corrected chi connectivity index (χ0v) is 9.85. The Labute approximate surface area is 103 Å². The van der Waals surface area contributed by atoms with Gasteiger partial charge in [-0.3, -0.25) is 14.9 Å². The van der Waals surface area contributed by atoms with E-state index in [0.29, 0.717) is 6.42 Å². The average Bonchev–Trinajstić information content (AvgIpc) is 2.31. The molecule has 0 heterocycles. The number of rotatable bonds is 5. The smallest absolute Gasteiger partial charge is 0.306 e. The molecule has 0 radical (unpaired) electrons. The van der Waals surface area contributed by atoms with Gasteiger partial charge in [-0.05, 0) is 18.6 Å². The Kier molecular flexibility index (Phi) is 4.73. The van der Waals surface area contributed by atoms with Gasteiger partial charge in [-0.2, -0.15) is 4.39 Å². The number of carbonyl (C=O) groups is 1. The summed E-state index contributed by atoms with van der Waals surface area (Å²) in [6, 6.07) is 2.91. The topological polar surface area (TPSA) is 98.3 Å². The Morgan fingerprint density at radius 2 is 2.28 bits per heavy atom. The van der Waals surface area contributed by atoms with Gasteiger partial charge < -0.3 is 11.1 Å². The number of carbonyl (C=O) groups excluding carboxylic acids is 1. The van der Waals surface area contributed by atoms with Crippen molar-refractivity contribution in [2.24, 2.45) is 5.73 Å². The second-order valence-corrected chi connectivity index (χ2v) is 3.84. The molecule has 0 aliphatic carbocycles. The number of nitrogens with two attached hydrogens (primary N) is 1. The number of nitrogens with zero attached hydrogens (tertiary/aromatic N) is 1. The van der Waals surface area contributed by atoms with Crippen LogP contribution in [0.1, 0.15) is 19.8 Å². The molecule has 18 heavy (non-hydrogen) atoms. The molecule has 1 aromatic carbocycles. The summed E-state index contributed by atoms with van der Waals surface area (Å²) in [7, 11) is 0. The van der Waals surface area contributed by atoms with Gasteiger partial charge in [0.25, 0.3) is 0 Å². The van der Waals surface area contributed by atoms with Crippen LogP contribution in [-0.4, -0.2) is 16.9 Å². The van der Waals surface area contributed by atoms with Crippen molar-refractivity contribution in [3.63, 3.8) is 0 Å². The van der Waals surface area contributed by atoms with Crippen molar-refractivity contribution < 1.29 is 14.1 Å². The lowest BCUT2D eigenvalue weighted by atomic mass is 10.1. The van der Waals surface area contributed by atoms with Crippen LogP contribution in [0.4, 0.5) is 15.8 Å². The summed E-state index contributed by atoms with van der Waals surface area (Å²) >= 11 is 0. The highest BCUT2D eigenvalue weighted by atomic mass is 19.1. The first-order valence-corrected chi connectivity index (χ1v) is 5.43. The van der Waals surface area contributed by atoms with E-state index in [1.54, 1.807) is 0 Å². The van der Waals surface area contributed by atoms with Gasteiger partial charge in [-0.1, -0.05) is 6.92 Å². The van der Waals surface area contributed by atoms with Crippen molar-refractivity contribution in [2.45, 2.75) is 25.8 Å². The summed E-state index contributed by atoms with van der Waals surface area (Å²) in [4.78, 5) is 21.2. The van der Waals surface area contributed by atoms with Crippen molar-refractivity contribution in [1.29, 1.82) is 0 Å². The molecule has 1 rings (SSSR count). The quantitative estimate of drug-likeness (QED) is 0.619. The number of nitro benzene ring substituents is 1. The monoisotopic (exact) mass is 255 g/mol. The van der Waals surface area contributed by atoms with Crippen LogP contribution in [0.15, 0.2) is 18.2 Å². The van der Waals surface area contributed by atoms with Crippen LogP contribution in [0.25, 0.3) is 0 Å². The number of amides is 1. The van der Waals surface area contributed by atoms with Crippen LogP contribution in [-0.2, 0) is 4.79 Å². The van der Waals surface area contributed by atoms with Crippen LogP contribution >= 0.6 is 0 Å². The maximum atomic E-state index is 13.0. The lowest BCUT2D eigenvalue weighted by Crippen LogP contribution is -2.26. The number of halogens is 1. The molecule has 98 valence electrons. The number of hydrogen-bond acceptors (Lipinski definition) is 4. The number of anilines is 1. The standard InChI is InChI=1S/C11H14FN3O3/c1-2-7(13)5-11(16)14-8-3-4-9(12)10(6-8)15(17)18/h3-4,6-7H,2,5,13H2,1H3,(H,14,16). The molecule has 0 spiro atoms. The van der Waals surface area contributed by atoms with E-state index in [1.807, 2.05) is 6.92 Å². The first-order valence-electron chi connectivity index (χ1n) is 5.43. The molecule has 0 saturated heterocycles. The molecule has 1 amide bonds. The van der Waals surface area contributed by atoms with E-state index in [1.165, 1.54) is 6.07 Å². The summed E-state index contributed by atoms with van der Waals surface area (Å²) in [6.07, 6.45) is 0.763. The molecule has 1 unspecified atom stereocenters. The maximum absolute atomic E-state index is 13.0. The number of hydrogen-bond donors (Lipinski definition) is 2. The summed E-state index contributed by atoms with van der Waals surface area (Å²) < 4.78 is 13.0. The number of nitrogens with one attached hydrogen (secondary N) is 1. The van der Waals surface area contributed by atoms with Gasteiger partial charge in [-0.15, -0.1) is 0 Å². The summed E-state index contributed by atoms with van der Waals surface area (Å²) in [5, 5.41) is 13.0. The van der Waals surface area contributed by atoms with E-state index < -0.39 is 16.4 Å². The van der Waals surface area contributed by atoms with Crippen LogP contribution in [0, 0.1) is 15.9 Å². The molecular weight excluding hydrogens is 241 g/mol. The van der Waals surface area contributed by atoms with Gasteiger partial charge in [0, 0.05) is 24.2 Å². The second-order valence-electron chi connectivity index (χ2n) is 3.84. The molecule has 0 aliphatic heterocycles. The van der Waals surface area contributed by atoms with Crippen LogP contribution in [0.3, 0.4) is 0 Å².